The zero-order valence-electron chi connectivity index (χ0n) is 15.4. The summed E-state index contributed by atoms with van der Waals surface area (Å²) in [4.78, 5) is 18.1. The third-order valence-electron chi connectivity index (χ3n) is 4.90. The smallest absolute Gasteiger partial charge is 0.239 e. The van der Waals surface area contributed by atoms with Gasteiger partial charge >= 0.3 is 0 Å². The summed E-state index contributed by atoms with van der Waals surface area (Å²) >= 11 is 0. The van der Waals surface area contributed by atoms with Crippen LogP contribution in [0.2, 0.25) is 0 Å². The van der Waals surface area contributed by atoms with Crippen molar-refractivity contribution in [2.45, 2.75) is 56.7 Å². The van der Waals surface area contributed by atoms with Gasteiger partial charge in [0.1, 0.15) is 0 Å². The largest absolute Gasteiger partial charge is 0.352 e. The molecule has 1 amide bonds. The molecule has 7 nitrogen and oxygen atoms in total. The number of carbonyl (C=O) groups excluding carboxylic acids is 1. The van der Waals surface area contributed by atoms with E-state index in [0.29, 0.717) is 19.0 Å². The van der Waals surface area contributed by atoms with Crippen LogP contribution in [0.5, 0.6) is 0 Å². The van der Waals surface area contributed by atoms with Crippen molar-refractivity contribution in [3.63, 3.8) is 0 Å². The van der Waals surface area contributed by atoms with Gasteiger partial charge < -0.3 is 15.5 Å². The monoisotopic (exact) mass is 486 g/mol. The van der Waals surface area contributed by atoms with Gasteiger partial charge in [0.25, 0.3) is 0 Å². The lowest BCUT2D eigenvalue weighted by Gasteiger charge is -2.45. The van der Waals surface area contributed by atoms with E-state index in [1.54, 1.807) is 7.05 Å². The summed E-state index contributed by atoms with van der Waals surface area (Å²) in [6, 6.07) is 0.0898. The second kappa shape index (κ2) is 9.38. The maximum absolute atomic E-state index is 12.7. The molecule has 2 fully saturated rings. The molecule has 0 aromatic carbocycles. The van der Waals surface area contributed by atoms with Crippen LogP contribution in [-0.4, -0.2) is 68.4 Å². The number of amides is 1. The van der Waals surface area contributed by atoms with Gasteiger partial charge in [0.15, 0.2) is 15.8 Å². The van der Waals surface area contributed by atoms with Crippen LogP contribution in [0.4, 0.5) is 0 Å². The average molecular weight is 486 g/mol. The van der Waals surface area contributed by atoms with Gasteiger partial charge in [-0.1, -0.05) is 19.3 Å². The zero-order chi connectivity index (χ0) is 17.8. The fourth-order valence-corrected chi connectivity index (χ4v) is 5.84. The second-order valence-corrected chi connectivity index (χ2v) is 9.61. The SMILES string of the molecule is CN=C(NCC(=O)NC(C)C)N1CCS(=O)(=O)C2(CCCCC2)C1.I. The highest BCUT2D eigenvalue weighted by Crippen LogP contribution is 2.38. The molecule has 2 N–H and O–H groups in total. The van der Waals surface area contributed by atoms with Crippen molar-refractivity contribution in [1.82, 2.24) is 15.5 Å². The Morgan fingerprint density at radius 2 is 1.88 bits per heavy atom. The summed E-state index contributed by atoms with van der Waals surface area (Å²) in [5.41, 5.74) is 0. The zero-order valence-corrected chi connectivity index (χ0v) is 18.5. The average Bonchev–Trinajstić information content (AvgIpc) is 2.52. The molecule has 0 bridgehead atoms. The van der Waals surface area contributed by atoms with Crippen LogP contribution in [-0.2, 0) is 14.6 Å². The number of aliphatic imine (C=N–C) groups is 1. The Balaban J connectivity index is 0.00000312. The predicted octanol–water partition coefficient (Wildman–Crippen LogP) is 1.14. The van der Waals surface area contributed by atoms with Crippen LogP contribution >= 0.6 is 24.0 Å². The molecule has 2 rings (SSSR count). The Morgan fingerprint density at radius 3 is 2.44 bits per heavy atom. The Bertz CT molecular complexity index is 586. The summed E-state index contributed by atoms with van der Waals surface area (Å²) in [6.07, 6.45) is 4.51. The van der Waals surface area contributed by atoms with E-state index in [1.807, 2.05) is 18.7 Å². The van der Waals surface area contributed by atoms with Crippen molar-refractivity contribution < 1.29 is 13.2 Å². The molecular weight excluding hydrogens is 455 g/mol. The van der Waals surface area contributed by atoms with E-state index in [4.69, 9.17) is 0 Å². The van der Waals surface area contributed by atoms with Gasteiger partial charge in [0.2, 0.25) is 5.91 Å². The van der Waals surface area contributed by atoms with Crippen molar-refractivity contribution in [3.05, 3.63) is 0 Å². The molecule has 1 spiro atoms. The molecule has 9 heteroatoms. The maximum atomic E-state index is 12.7. The first-order valence-electron chi connectivity index (χ1n) is 8.77. The molecule has 1 aliphatic carbocycles. The molecule has 0 unspecified atom stereocenters. The molecule has 1 saturated carbocycles. The minimum atomic E-state index is -3.07. The van der Waals surface area contributed by atoms with Gasteiger partial charge in [0, 0.05) is 26.2 Å². The van der Waals surface area contributed by atoms with E-state index in [0.717, 1.165) is 32.1 Å². The molecule has 2 aliphatic rings. The minimum absolute atomic E-state index is 0. The summed E-state index contributed by atoms with van der Waals surface area (Å²) in [7, 11) is -1.41. The molecule has 0 aromatic rings. The van der Waals surface area contributed by atoms with E-state index >= 15 is 0 Å². The van der Waals surface area contributed by atoms with Crippen LogP contribution in [0.3, 0.4) is 0 Å². The van der Waals surface area contributed by atoms with E-state index in [1.165, 1.54) is 0 Å². The molecule has 1 heterocycles. The lowest BCUT2D eigenvalue weighted by molar-refractivity contribution is -0.120. The van der Waals surface area contributed by atoms with E-state index in [-0.39, 0.29) is 48.2 Å². The van der Waals surface area contributed by atoms with Gasteiger partial charge in [-0.25, -0.2) is 8.42 Å². The second-order valence-electron chi connectivity index (χ2n) is 7.11. The Kier molecular flexibility index (Phi) is 8.43. The Morgan fingerprint density at radius 1 is 1.24 bits per heavy atom. The van der Waals surface area contributed by atoms with Gasteiger partial charge in [-0.05, 0) is 26.7 Å². The van der Waals surface area contributed by atoms with Crippen molar-refractivity contribution >= 4 is 45.7 Å². The van der Waals surface area contributed by atoms with Gasteiger partial charge in [-0.15, -0.1) is 24.0 Å². The number of nitrogens with one attached hydrogen (secondary N) is 2. The van der Waals surface area contributed by atoms with Gasteiger partial charge in [-0.2, -0.15) is 0 Å². The third-order valence-corrected chi connectivity index (χ3v) is 7.48. The summed E-state index contributed by atoms with van der Waals surface area (Å²) in [6.45, 7) is 4.86. The number of guanidine groups is 1. The summed E-state index contributed by atoms with van der Waals surface area (Å²) in [5, 5.41) is 5.89. The standard InChI is InChI=1S/C16H30N4O3S.HI/c1-13(2)19-14(21)11-18-15(17-3)20-9-10-24(22,23)16(12-20)7-5-4-6-8-16;/h13H,4-12H2,1-3H3,(H,17,18)(H,19,21);1H. The first kappa shape index (κ1) is 22.5. The minimum Gasteiger partial charge on any atom is -0.352 e. The highest BCUT2D eigenvalue weighted by Gasteiger charge is 2.48. The first-order valence-corrected chi connectivity index (χ1v) is 10.4. The molecule has 146 valence electrons. The lowest BCUT2D eigenvalue weighted by atomic mass is 9.87. The maximum Gasteiger partial charge on any atom is 0.239 e. The Hall–Kier alpha value is -0.580. The van der Waals surface area contributed by atoms with Crippen LogP contribution in [0.25, 0.3) is 0 Å². The van der Waals surface area contributed by atoms with Crippen molar-refractivity contribution in [3.8, 4) is 0 Å². The van der Waals surface area contributed by atoms with Crippen molar-refractivity contribution in [2.24, 2.45) is 4.99 Å². The van der Waals surface area contributed by atoms with Crippen LogP contribution < -0.4 is 10.6 Å². The highest BCUT2D eigenvalue weighted by molar-refractivity contribution is 14.0. The van der Waals surface area contributed by atoms with Crippen LogP contribution in [0.1, 0.15) is 46.0 Å². The number of hydrogen-bond donors (Lipinski definition) is 2. The quantitative estimate of drug-likeness (QED) is 0.355. The fraction of sp³-hybridized carbons (Fsp3) is 0.875. The molecule has 1 aliphatic heterocycles. The summed E-state index contributed by atoms with van der Waals surface area (Å²) in [5.74, 6) is 0.670. The van der Waals surface area contributed by atoms with Gasteiger partial charge in [-0.3, -0.25) is 9.79 Å². The normalized spacial score (nSPS) is 22.4. The third kappa shape index (κ3) is 5.45. The van der Waals surface area contributed by atoms with Crippen molar-refractivity contribution in [2.75, 3.05) is 32.4 Å². The number of carbonyl (C=O) groups is 1. The molecule has 25 heavy (non-hydrogen) atoms. The van der Waals surface area contributed by atoms with Crippen LogP contribution in [0, 0.1) is 0 Å². The Labute approximate surface area is 168 Å². The summed E-state index contributed by atoms with van der Waals surface area (Å²) < 4.78 is 24.7. The van der Waals surface area contributed by atoms with E-state index < -0.39 is 14.6 Å². The molecular formula is C16H31IN4O3S. The number of halogens is 1. The number of rotatable bonds is 3. The van der Waals surface area contributed by atoms with Crippen molar-refractivity contribution in [1.29, 1.82) is 0 Å². The molecule has 0 atom stereocenters. The van der Waals surface area contributed by atoms with Gasteiger partial charge in [0.05, 0.1) is 17.0 Å². The molecule has 0 radical (unpaired) electrons. The first-order chi connectivity index (χ1) is 11.3. The topological polar surface area (TPSA) is 90.9 Å². The lowest BCUT2D eigenvalue weighted by Crippen LogP contribution is -2.60. The fourth-order valence-electron chi connectivity index (χ4n) is 3.68. The molecule has 0 aromatic heterocycles. The highest BCUT2D eigenvalue weighted by atomic mass is 127. The van der Waals surface area contributed by atoms with Crippen LogP contribution in [0.15, 0.2) is 4.99 Å². The number of sulfone groups is 1. The number of hydrogen-bond acceptors (Lipinski definition) is 4. The van der Waals surface area contributed by atoms with E-state index in [9.17, 15) is 13.2 Å². The predicted molar refractivity (Wildman–Crippen MR) is 111 cm³/mol. The number of nitrogens with zero attached hydrogens (tertiary/aromatic N) is 2. The molecule has 1 saturated heterocycles. The van der Waals surface area contributed by atoms with E-state index in [2.05, 4.69) is 15.6 Å².